The zero-order valence-electron chi connectivity index (χ0n) is 28.0. The van der Waals surface area contributed by atoms with E-state index in [0.29, 0.717) is 0 Å². The van der Waals surface area contributed by atoms with Crippen molar-refractivity contribution in [1.82, 2.24) is 4.57 Å². The van der Waals surface area contributed by atoms with Gasteiger partial charge in [-0.1, -0.05) is 109 Å². The molecular weight excluding hydrogens is 653 g/mol. The molecule has 0 unspecified atom stereocenters. The third-order valence-corrected chi connectivity index (χ3v) is 11.5. The summed E-state index contributed by atoms with van der Waals surface area (Å²) in [6.45, 7) is 0. The highest BCUT2D eigenvalue weighted by Gasteiger charge is 2.21. The fourth-order valence-corrected chi connectivity index (χ4v) is 9.25. The normalized spacial score (nSPS) is 11.8. The molecule has 0 radical (unpaired) electrons. The SMILES string of the molecule is c1ccc(-n2c3ccccc3c3ccc(N(c4ccc(-c5cccc6oc7ccccc7c56)cc4)c4cccc5sc6ccccc6c45)cc32)cc1. The van der Waals surface area contributed by atoms with E-state index in [1.165, 1.54) is 47.5 Å². The number of benzene rings is 8. The summed E-state index contributed by atoms with van der Waals surface area (Å²) < 4.78 is 11.2. The molecule has 52 heavy (non-hydrogen) atoms. The molecule has 244 valence electrons. The third-order valence-electron chi connectivity index (χ3n) is 10.4. The minimum absolute atomic E-state index is 0.905. The summed E-state index contributed by atoms with van der Waals surface area (Å²) in [5, 5.41) is 7.31. The van der Waals surface area contributed by atoms with Crippen molar-refractivity contribution >= 4 is 92.3 Å². The van der Waals surface area contributed by atoms with Crippen molar-refractivity contribution in [3.63, 3.8) is 0 Å². The molecule has 0 N–H and O–H groups in total. The van der Waals surface area contributed by atoms with E-state index in [1.54, 1.807) is 0 Å². The Morgan fingerprint density at radius 3 is 2.00 bits per heavy atom. The largest absolute Gasteiger partial charge is 0.456 e. The Morgan fingerprint density at radius 2 is 1.12 bits per heavy atom. The van der Waals surface area contributed by atoms with Gasteiger partial charge >= 0.3 is 0 Å². The summed E-state index contributed by atoms with van der Waals surface area (Å²) in [5.41, 5.74) is 11.0. The Kier molecular flexibility index (Phi) is 6.42. The van der Waals surface area contributed by atoms with E-state index < -0.39 is 0 Å². The van der Waals surface area contributed by atoms with Crippen molar-refractivity contribution in [2.75, 3.05) is 4.90 Å². The monoisotopic (exact) mass is 682 g/mol. The van der Waals surface area contributed by atoms with E-state index in [-0.39, 0.29) is 0 Å². The van der Waals surface area contributed by atoms with Gasteiger partial charge in [0.25, 0.3) is 0 Å². The standard InChI is InChI=1S/C48H30N2OS/c1-2-12-32(13-3-1)50-40-18-7-4-14-36(40)37-29-28-34(30-42(37)50)49(41-19-11-23-46-48(41)39-16-6-9-22-45(39)52-46)33-26-24-31(25-27-33)35-17-10-21-44-47(35)38-15-5-8-20-43(38)51-44/h1-30H. The minimum atomic E-state index is 0.905. The number of aromatic nitrogens is 1. The summed E-state index contributed by atoms with van der Waals surface area (Å²) in [6, 6.07) is 65.5. The van der Waals surface area contributed by atoms with Crippen LogP contribution in [0.3, 0.4) is 0 Å². The van der Waals surface area contributed by atoms with Crippen molar-refractivity contribution in [2.24, 2.45) is 0 Å². The Bertz CT molecular complexity index is 3130. The highest BCUT2D eigenvalue weighted by molar-refractivity contribution is 7.26. The smallest absolute Gasteiger partial charge is 0.136 e. The molecule has 0 aliphatic heterocycles. The second-order valence-electron chi connectivity index (χ2n) is 13.3. The van der Waals surface area contributed by atoms with Crippen LogP contribution in [0.2, 0.25) is 0 Å². The highest BCUT2D eigenvalue weighted by atomic mass is 32.1. The van der Waals surface area contributed by atoms with Gasteiger partial charge in [-0.15, -0.1) is 11.3 Å². The number of hydrogen-bond acceptors (Lipinski definition) is 3. The molecule has 0 bridgehead atoms. The fourth-order valence-electron chi connectivity index (χ4n) is 8.13. The predicted molar refractivity (Wildman–Crippen MR) is 221 cm³/mol. The molecule has 0 amide bonds. The van der Waals surface area contributed by atoms with E-state index in [0.717, 1.165) is 50.3 Å². The van der Waals surface area contributed by atoms with Gasteiger partial charge in [-0.05, 0) is 83.9 Å². The number of nitrogens with zero attached hydrogens (tertiary/aromatic N) is 2. The van der Waals surface area contributed by atoms with Crippen LogP contribution in [0.5, 0.6) is 0 Å². The maximum Gasteiger partial charge on any atom is 0.136 e. The number of anilines is 3. The van der Waals surface area contributed by atoms with Crippen LogP contribution >= 0.6 is 11.3 Å². The van der Waals surface area contributed by atoms with Crippen molar-refractivity contribution < 1.29 is 4.42 Å². The first-order valence-electron chi connectivity index (χ1n) is 17.6. The van der Waals surface area contributed by atoms with Crippen molar-refractivity contribution in [2.45, 2.75) is 0 Å². The quantitative estimate of drug-likeness (QED) is 0.180. The molecule has 3 heterocycles. The first kappa shape index (κ1) is 29.1. The lowest BCUT2D eigenvalue weighted by atomic mass is 9.99. The summed E-state index contributed by atoms with van der Waals surface area (Å²) in [4.78, 5) is 2.44. The molecule has 0 spiro atoms. The molecule has 3 nitrogen and oxygen atoms in total. The van der Waals surface area contributed by atoms with E-state index in [2.05, 4.69) is 179 Å². The first-order chi connectivity index (χ1) is 25.8. The van der Waals surface area contributed by atoms with Crippen molar-refractivity contribution in [1.29, 1.82) is 0 Å². The van der Waals surface area contributed by atoms with Gasteiger partial charge in [-0.25, -0.2) is 0 Å². The van der Waals surface area contributed by atoms with Crippen LogP contribution in [0.1, 0.15) is 0 Å². The highest BCUT2D eigenvalue weighted by Crippen LogP contribution is 2.46. The molecule has 8 aromatic carbocycles. The van der Waals surface area contributed by atoms with Crippen LogP contribution in [0.25, 0.3) is 80.7 Å². The van der Waals surface area contributed by atoms with Crippen LogP contribution in [0.15, 0.2) is 186 Å². The van der Waals surface area contributed by atoms with E-state index in [9.17, 15) is 0 Å². The third kappa shape index (κ3) is 4.38. The van der Waals surface area contributed by atoms with Gasteiger partial charge < -0.3 is 13.9 Å². The number of furan rings is 1. The summed E-state index contributed by atoms with van der Waals surface area (Å²) in [5.74, 6) is 0. The fraction of sp³-hybridized carbons (Fsp3) is 0. The average Bonchev–Trinajstić information content (AvgIpc) is 3.88. The molecule has 0 aliphatic rings. The topological polar surface area (TPSA) is 21.3 Å². The van der Waals surface area contributed by atoms with Crippen LogP contribution in [0, 0.1) is 0 Å². The van der Waals surface area contributed by atoms with Gasteiger partial charge in [0.05, 0.1) is 16.7 Å². The first-order valence-corrected chi connectivity index (χ1v) is 18.4. The molecule has 11 rings (SSSR count). The Hall–Kier alpha value is -6.62. The van der Waals surface area contributed by atoms with Crippen molar-refractivity contribution in [3.8, 4) is 16.8 Å². The van der Waals surface area contributed by atoms with Gasteiger partial charge in [0.2, 0.25) is 0 Å². The maximum atomic E-state index is 6.25. The number of hydrogen-bond donors (Lipinski definition) is 0. The van der Waals surface area contributed by atoms with Crippen LogP contribution in [-0.4, -0.2) is 4.57 Å². The molecule has 0 aliphatic carbocycles. The van der Waals surface area contributed by atoms with E-state index in [4.69, 9.17) is 4.42 Å². The Morgan fingerprint density at radius 1 is 0.442 bits per heavy atom. The van der Waals surface area contributed by atoms with Gasteiger partial charge in [0.15, 0.2) is 0 Å². The molecule has 11 aromatic rings. The molecule has 0 atom stereocenters. The van der Waals surface area contributed by atoms with Crippen LogP contribution in [0.4, 0.5) is 17.1 Å². The van der Waals surface area contributed by atoms with E-state index in [1.807, 2.05) is 23.5 Å². The van der Waals surface area contributed by atoms with Gasteiger partial charge in [0, 0.05) is 58.8 Å². The Balaban J connectivity index is 1.15. The van der Waals surface area contributed by atoms with E-state index >= 15 is 0 Å². The molecule has 0 saturated heterocycles. The lowest BCUT2D eigenvalue weighted by Gasteiger charge is -2.27. The summed E-state index contributed by atoms with van der Waals surface area (Å²) in [7, 11) is 0. The number of para-hydroxylation sites is 3. The second kappa shape index (κ2) is 11.5. The lowest BCUT2D eigenvalue weighted by Crippen LogP contribution is -2.10. The number of rotatable bonds is 5. The lowest BCUT2D eigenvalue weighted by molar-refractivity contribution is 0.669. The maximum absolute atomic E-state index is 6.25. The zero-order valence-corrected chi connectivity index (χ0v) is 28.8. The minimum Gasteiger partial charge on any atom is -0.456 e. The van der Waals surface area contributed by atoms with Gasteiger partial charge in [-0.3, -0.25) is 0 Å². The molecule has 4 heteroatoms. The summed E-state index contributed by atoms with van der Waals surface area (Å²) >= 11 is 1.85. The average molecular weight is 683 g/mol. The number of thiophene rings is 1. The number of fused-ring (bicyclic) bond motifs is 9. The van der Waals surface area contributed by atoms with Crippen LogP contribution in [-0.2, 0) is 0 Å². The second-order valence-corrected chi connectivity index (χ2v) is 14.4. The van der Waals surface area contributed by atoms with Gasteiger partial charge in [-0.2, -0.15) is 0 Å². The summed E-state index contributed by atoms with van der Waals surface area (Å²) in [6.07, 6.45) is 0. The van der Waals surface area contributed by atoms with Crippen molar-refractivity contribution in [3.05, 3.63) is 182 Å². The predicted octanol–water partition coefficient (Wildman–Crippen LogP) is 14.2. The molecule has 0 saturated carbocycles. The molecular formula is C48H30N2OS. The Labute approximate surface area is 303 Å². The van der Waals surface area contributed by atoms with Gasteiger partial charge in [0.1, 0.15) is 11.2 Å². The van der Waals surface area contributed by atoms with Crippen LogP contribution < -0.4 is 4.90 Å². The zero-order chi connectivity index (χ0) is 34.2. The molecule has 0 fully saturated rings. The molecule has 3 aromatic heterocycles.